The molecule has 21 heavy (non-hydrogen) atoms. The summed E-state index contributed by atoms with van der Waals surface area (Å²) in [4.78, 5) is 4.52. The topological polar surface area (TPSA) is 24.9 Å². The van der Waals surface area contributed by atoms with Crippen molar-refractivity contribution >= 4 is 44.1 Å². The van der Waals surface area contributed by atoms with Crippen LogP contribution in [0.15, 0.2) is 34.9 Å². The summed E-state index contributed by atoms with van der Waals surface area (Å²) in [5, 5.41) is 5.91. The summed E-state index contributed by atoms with van der Waals surface area (Å²) < 4.78 is 1.11. The number of benzene rings is 1. The zero-order valence-corrected chi connectivity index (χ0v) is 14.4. The van der Waals surface area contributed by atoms with E-state index in [-0.39, 0.29) is 5.41 Å². The van der Waals surface area contributed by atoms with Crippen molar-refractivity contribution < 1.29 is 0 Å². The predicted molar refractivity (Wildman–Crippen MR) is 94.2 cm³/mol. The van der Waals surface area contributed by atoms with Crippen LogP contribution in [0.1, 0.15) is 32.1 Å². The normalized spacial score (nSPS) is 17.8. The molecule has 1 fully saturated rings. The lowest BCUT2D eigenvalue weighted by molar-refractivity contribution is 0.238. The smallest absolute Gasteiger partial charge is 0.133 e. The van der Waals surface area contributed by atoms with Crippen LogP contribution in [0.3, 0.4) is 0 Å². The first-order valence-electron chi connectivity index (χ1n) is 7.57. The molecule has 0 saturated heterocycles. The Balaban J connectivity index is 1.83. The lowest BCUT2D eigenvalue weighted by atomic mass is 9.75. The number of nitrogens with one attached hydrogen (secondary N) is 1. The van der Waals surface area contributed by atoms with Gasteiger partial charge in [-0.05, 0) is 25.0 Å². The van der Waals surface area contributed by atoms with E-state index in [2.05, 4.69) is 44.4 Å². The quantitative estimate of drug-likeness (QED) is 0.712. The van der Waals surface area contributed by atoms with Crippen LogP contribution in [-0.4, -0.2) is 17.4 Å². The Labute approximate surface area is 139 Å². The van der Waals surface area contributed by atoms with Crippen molar-refractivity contribution in [2.24, 2.45) is 5.41 Å². The van der Waals surface area contributed by atoms with E-state index in [1.165, 1.54) is 37.5 Å². The maximum atomic E-state index is 6.28. The van der Waals surface area contributed by atoms with Gasteiger partial charge in [-0.3, -0.25) is 0 Å². The van der Waals surface area contributed by atoms with E-state index < -0.39 is 0 Å². The molecule has 2 nitrogen and oxygen atoms in total. The molecule has 2 aromatic rings. The number of rotatable bonds is 4. The Kier molecular flexibility index (Phi) is 4.70. The summed E-state index contributed by atoms with van der Waals surface area (Å²) in [5.41, 5.74) is 0.232. The number of halogens is 2. The molecule has 0 aliphatic heterocycles. The molecular weight excluding hydrogens is 348 g/mol. The van der Waals surface area contributed by atoms with Crippen molar-refractivity contribution in [2.75, 3.05) is 17.7 Å². The first-order valence-corrected chi connectivity index (χ1v) is 8.90. The summed E-state index contributed by atoms with van der Waals surface area (Å²) >= 11 is 9.89. The molecule has 1 saturated carbocycles. The van der Waals surface area contributed by atoms with Gasteiger partial charge in [-0.15, -0.1) is 11.6 Å². The highest BCUT2D eigenvalue weighted by molar-refractivity contribution is 9.10. The predicted octanol–water partition coefficient (Wildman–Crippen LogP) is 5.60. The molecule has 1 N–H and O–H groups in total. The molecule has 3 rings (SSSR count). The Morgan fingerprint density at radius 2 is 1.95 bits per heavy atom. The minimum atomic E-state index is 0.232. The Morgan fingerprint density at radius 3 is 2.71 bits per heavy atom. The molecule has 1 aliphatic rings. The first kappa shape index (κ1) is 15.1. The van der Waals surface area contributed by atoms with E-state index in [4.69, 9.17) is 11.6 Å². The van der Waals surface area contributed by atoms with E-state index in [0.717, 1.165) is 28.1 Å². The second-order valence-electron chi connectivity index (χ2n) is 6.04. The van der Waals surface area contributed by atoms with Crippen molar-refractivity contribution in [2.45, 2.75) is 32.1 Å². The number of hydrogen-bond donors (Lipinski definition) is 1. The summed E-state index contributed by atoms with van der Waals surface area (Å²) in [6.07, 6.45) is 8.24. The van der Waals surface area contributed by atoms with Crippen molar-refractivity contribution in [3.8, 4) is 0 Å². The molecule has 0 bridgehead atoms. The third kappa shape index (κ3) is 3.19. The van der Waals surface area contributed by atoms with Gasteiger partial charge < -0.3 is 5.32 Å². The average Bonchev–Trinajstić information content (AvgIpc) is 2.54. The minimum absolute atomic E-state index is 0.232. The molecule has 0 unspecified atom stereocenters. The average molecular weight is 368 g/mol. The molecular formula is C17H20BrClN2. The summed E-state index contributed by atoms with van der Waals surface area (Å²) in [5.74, 6) is 1.69. The van der Waals surface area contributed by atoms with Crippen LogP contribution in [0.5, 0.6) is 0 Å². The standard InChI is InChI=1S/C17H20BrClN2/c18-15-6-4-5-14-13(15)7-10-20-16(14)21-12-17(11-19)8-2-1-3-9-17/h4-7,10H,1-3,8-9,11-12H2,(H,20,21). The van der Waals surface area contributed by atoms with Crippen LogP contribution < -0.4 is 5.32 Å². The monoisotopic (exact) mass is 366 g/mol. The molecule has 4 heteroatoms. The fourth-order valence-electron chi connectivity index (χ4n) is 3.24. The number of alkyl halides is 1. The maximum Gasteiger partial charge on any atom is 0.133 e. The number of nitrogens with zero attached hydrogens (tertiary/aromatic N) is 1. The highest BCUT2D eigenvalue weighted by Gasteiger charge is 2.31. The Morgan fingerprint density at radius 1 is 1.14 bits per heavy atom. The molecule has 0 amide bonds. The number of hydrogen-bond acceptors (Lipinski definition) is 2. The lowest BCUT2D eigenvalue weighted by Gasteiger charge is -2.35. The van der Waals surface area contributed by atoms with Gasteiger partial charge in [-0.2, -0.15) is 0 Å². The molecule has 1 aliphatic carbocycles. The highest BCUT2D eigenvalue weighted by atomic mass is 79.9. The Bertz CT molecular complexity index is 623. The van der Waals surface area contributed by atoms with Crippen LogP contribution >= 0.6 is 27.5 Å². The number of aromatic nitrogens is 1. The summed E-state index contributed by atoms with van der Waals surface area (Å²) in [6, 6.07) is 8.27. The lowest BCUT2D eigenvalue weighted by Crippen LogP contribution is -2.34. The third-order valence-corrected chi connectivity index (χ3v) is 5.84. The minimum Gasteiger partial charge on any atom is -0.369 e. The largest absolute Gasteiger partial charge is 0.369 e. The SMILES string of the molecule is ClCC1(CNc2nccc3c(Br)cccc23)CCCCC1. The fraction of sp³-hybridized carbons (Fsp3) is 0.471. The summed E-state index contributed by atoms with van der Waals surface area (Å²) in [6.45, 7) is 0.912. The fourth-order valence-corrected chi connectivity index (χ4v) is 4.10. The maximum absolute atomic E-state index is 6.28. The van der Waals surface area contributed by atoms with E-state index in [0.29, 0.717) is 0 Å². The molecule has 1 aromatic carbocycles. The second-order valence-corrected chi connectivity index (χ2v) is 7.16. The number of pyridine rings is 1. The third-order valence-electron chi connectivity index (χ3n) is 4.58. The van der Waals surface area contributed by atoms with Gasteiger partial charge in [-0.25, -0.2) is 4.98 Å². The number of anilines is 1. The molecule has 1 heterocycles. The van der Waals surface area contributed by atoms with Crippen molar-refractivity contribution in [1.82, 2.24) is 4.98 Å². The van der Waals surface area contributed by atoms with Gasteiger partial charge in [0, 0.05) is 39.3 Å². The highest BCUT2D eigenvalue weighted by Crippen LogP contribution is 2.38. The molecule has 0 radical (unpaired) electrons. The van der Waals surface area contributed by atoms with Crippen LogP contribution in [0.2, 0.25) is 0 Å². The Hall–Kier alpha value is -0.800. The molecule has 0 atom stereocenters. The van der Waals surface area contributed by atoms with E-state index in [9.17, 15) is 0 Å². The second kappa shape index (κ2) is 6.53. The van der Waals surface area contributed by atoms with Gasteiger partial charge in [0.15, 0.2) is 0 Å². The van der Waals surface area contributed by atoms with Crippen molar-refractivity contribution in [1.29, 1.82) is 0 Å². The molecule has 1 aromatic heterocycles. The van der Waals surface area contributed by atoms with Gasteiger partial charge in [0.05, 0.1) is 0 Å². The van der Waals surface area contributed by atoms with Gasteiger partial charge in [-0.1, -0.05) is 47.3 Å². The van der Waals surface area contributed by atoms with E-state index in [1.54, 1.807) is 0 Å². The summed E-state index contributed by atoms with van der Waals surface area (Å²) in [7, 11) is 0. The van der Waals surface area contributed by atoms with Gasteiger partial charge >= 0.3 is 0 Å². The number of fused-ring (bicyclic) bond motifs is 1. The van der Waals surface area contributed by atoms with Gasteiger partial charge in [0.2, 0.25) is 0 Å². The van der Waals surface area contributed by atoms with E-state index in [1.807, 2.05) is 12.3 Å². The van der Waals surface area contributed by atoms with Crippen LogP contribution in [0, 0.1) is 5.41 Å². The zero-order chi connectivity index (χ0) is 14.7. The first-order chi connectivity index (χ1) is 10.2. The molecule has 112 valence electrons. The van der Waals surface area contributed by atoms with Crippen molar-refractivity contribution in [3.63, 3.8) is 0 Å². The van der Waals surface area contributed by atoms with Gasteiger partial charge in [0.1, 0.15) is 5.82 Å². The van der Waals surface area contributed by atoms with Crippen LogP contribution in [-0.2, 0) is 0 Å². The van der Waals surface area contributed by atoms with Crippen LogP contribution in [0.25, 0.3) is 10.8 Å². The molecule has 0 spiro atoms. The van der Waals surface area contributed by atoms with Crippen molar-refractivity contribution in [3.05, 3.63) is 34.9 Å². The van der Waals surface area contributed by atoms with Crippen LogP contribution in [0.4, 0.5) is 5.82 Å². The van der Waals surface area contributed by atoms with Gasteiger partial charge in [0.25, 0.3) is 0 Å². The van der Waals surface area contributed by atoms with E-state index >= 15 is 0 Å². The zero-order valence-electron chi connectivity index (χ0n) is 12.0.